The molecule has 2 rings (SSSR count). The molecular weight excluding hydrogens is 378 g/mol. The van der Waals surface area contributed by atoms with Crippen LogP contribution in [-0.4, -0.2) is 63.6 Å². The summed E-state index contributed by atoms with van der Waals surface area (Å²) >= 11 is 0. The lowest BCUT2D eigenvalue weighted by atomic mass is 9.93. The molecule has 1 aliphatic rings. The summed E-state index contributed by atoms with van der Waals surface area (Å²) in [6.07, 6.45) is 3.78. The first-order chi connectivity index (χ1) is 14.4. The zero-order valence-corrected chi connectivity index (χ0v) is 19.3. The summed E-state index contributed by atoms with van der Waals surface area (Å²) in [4.78, 5) is 19.3. The van der Waals surface area contributed by atoms with Crippen LogP contribution >= 0.6 is 0 Å². The normalized spacial score (nSPS) is 16.6. The predicted molar refractivity (Wildman–Crippen MR) is 123 cm³/mol. The molecule has 1 heterocycles. The van der Waals surface area contributed by atoms with Gasteiger partial charge < -0.3 is 20.7 Å². The molecule has 1 aliphatic heterocycles. The zero-order chi connectivity index (χ0) is 22.0. The number of carbonyl (C=O) groups excluding carboxylic acids is 1. The number of piperidine rings is 1. The van der Waals surface area contributed by atoms with Crippen LogP contribution in [0.25, 0.3) is 0 Å². The average molecular weight is 418 g/mol. The number of rotatable bonds is 9. The van der Waals surface area contributed by atoms with Gasteiger partial charge in [0.25, 0.3) is 0 Å². The van der Waals surface area contributed by atoms with Gasteiger partial charge in [-0.25, -0.2) is 0 Å². The molecule has 7 heteroatoms. The molecule has 0 aliphatic carbocycles. The van der Waals surface area contributed by atoms with E-state index in [1.54, 1.807) is 14.2 Å². The number of benzene rings is 1. The molecule has 3 N–H and O–H groups in total. The molecule has 1 atom stereocenters. The number of guanidine groups is 1. The molecule has 0 bridgehead atoms. The number of hydrogen-bond donors (Lipinski definition) is 3. The van der Waals surface area contributed by atoms with Gasteiger partial charge in [-0.15, -0.1) is 0 Å². The summed E-state index contributed by atoms with van der Waals surface area (Å²) in [5.41, 5.74) is 0.714. The average Bonchev–Trinajstić information content (AvgIpc) is 2.78. The van der Waals surface area contributed by atoms with E-state index in [0.29, 0.717) is 6.54 Å². The Morgan fingerprint density at radius 1 is 1.17 bits per heavy atom. The molecule has 0 saturated carbocycles. The van der Waals surface area contributed by atoms with Gasteiger partial charge in [0.05, 0.1) is 25.1 Å². The van der Waals surface area contributed by atoms with Gasteiger partial charge in [0.2, 0.25) is 5.91 Å². The van der Waals surface area contributed by atoms with Gasteiger partial charge in [-0.3, -0.25) is 14.7 Å². The van der Waals surface area contributed by atoms with E-state index < -0.39 is 5.41 Å². The molecule has 0 aromatic heterocycles. The first-order valence-electron chi connectivity index (χ1n) is 11.0. The number of nitrogens with zero attached hydrogens (tertiary/aromatic N) is 2. The van der Waals surface area contributed by atoms with E-state index in [1.807, 2.05) is 32.9 Å². The van der Waals surface area contributed by atoms with Crippen LogP contribution < -0.4 is 20.7 Å². The van der Waals surface area contributed by atoms with Gasteiger partial charge in [-0.1, -0.05) is 18.6 Å². The Kier molecular flexibility index (Phi) is 9.43. The minimum Gasteiger partial charge on any atom is -0.497 e. The van der Waals surface area contributed by atoms with Crippen molar-refractivity contribution < 1.29 is 9.53 Å². The van der Waals surface area contributed by atoms with Gasteiger partial charge in [0, 0.05) is 20.1 Å². The number of aliphatic imine (C=N–C) groups is 1. The van der Waals surface area contributed by atoms with E-state index in [-0.39, 0.29) is 11.9 Å². The maximum atomic E-state index is 12.1. The maximum absolute atomic E-state index is 12.1. The van der Waals surface area contributed by atoms with Crippen molar-refractivity contribution in [1.82, 2.24) is 20.9 Å². The monoisotopic (exact) mass is 417 g/mol. The first kappa shape index (κ1) is 24.0. The van der Waals surface area contributed by atoms with Gasteiger partial charge in [-0.05, 0) is 64.4 Å². The number of likely N-dealkylation sites (tertiary alicyclic amines) is 1. The van der Waals surface area contributed by atoms with Crippen LogP contribution in [0.5, 0.6) is 5.75 Å². The second-order valence-corrected chi connectivity index (χ2v) is 8.42. The lowest BCUT2D eigenvalue weighted by molar-refractivity contribution is -0.128. The Hall–Kier alpha value is -2.28. The summed E-state index contributed by atoms with van der Waals surface area (Å²) in [7, 11) is 3.35. The van der Waals surface area contributed by atoms with E-state index in [9.17, 15) is 4.79 Å². The molecule has 30 heavy (non-hydrogen) atoms. The van der Waals surface area contributed by atoms with Crippen molar-refractivity contribution >= 4 is 11.9 Å². The largest absolute Gasteiger partial charge is 0.497 e. The van der Waals surface area contributed by atoms with Gasteiger partial charge >= 0.3 is 0 Å². The third-order valence-electron chi connectivity index (χ3n) is 5.61. The van der Waals surface area contributed by atoms with Gasteiger partial charge in [0.15, 0.2) is 5.96 Å². The Morgan fingerprint density at radius 2 is 1.83 bits per heavy atom. The molecule has 1 fully saturated rings. The van der Waals surface area contributed by atoms with Crippen molar-refractivity contribution in [2.24, 2.45) is 10.4 Å². The van der Waals surface area contributed by atoms with E-state index >= 15 is 0 Å². The van der Waals surface area contributed by atoms with Crippen LogP contribution in [-0.2, 0) is 4.79 Å². The second kappa shape index (κ2) is 11.8. The molecule has 168 valence electrons. The van der Waals surface area contributed by atoms with Crippen LogP contribution in [0, 0.1) is 5.41 Å². The first-order valence-corrected chi connectivity index (χ1v) is 11.0. The number of carbonyl (C=O) groups is 1. The highest BCUT2D eigenvalue weighted by atomic mass is 16.5. The number of amides is 1. The zero-order valence-electron chi connectivity index (χ0n) is 19.3. The second-order valence-electron chi connectivity index (χ2n) is 8.42. The molecule has 7 nitrogen and oxygen atoms in total. The lowest BCUT2D eigenvalue weighted by Crippen LogP contribution is -2.45. The summed E-state index contributed by atoms with van der Waals surface area (Å²) in [6.45, 7) is 10.0. The maximum Gasteiger partial charge on any atom is 0.227 e. The summed E-state index contributed by atoms with van der Waals surface area (Å²) in [5, 5.41) is 9.54. The van der Waals surface area contributed by atoms with Crippen LogP contribution in [0.2, 0.25) is 0 Å². The van der Waals surface area contributed by atoms with Crippen molar-refractivity contribution in [2.75, 3.05) is 46.9 Å². The quantitative estimate of drug-likeness (QED) is 0.425. The molecule has 1 amide bonds. The van der Waals surface area contributed by atoms with Crippen molar-refractivity contribution in [2.45, 2.75) is 46.1 Å². The van der Waals surface area contributed by atoms with E-state index in [1.165, 1.54) is 24.8 Å². The Balaban J connectivity index is 2.13. The SMILES string of the molecule is CCNC(=NCC(C)(C)C(=O)NC)NCC(c1ccc(OC)cc1)N1CCCCC1. The fourth-order valence-electron chi connectivity index (χ4n) is 3.74. The smallest absolute Gasteiger partial charge is 0.227 e. The lowest BCUT2D eigenvalue weighted by Gasteiger charge is -2.35. The third-order valence-corrected chi connectivity index (χ3v) is 5.61. The van der Waals surface area contributed by atoms with Gasteiger partial charge in [-0.2, -0.15) is 0 Å². The van der Waals surface area contributed by atoms with Crippen LogP contribution in [0.1, 0.15) is 51.6 Å². The molecule has 1 unspecified atom stereocenters. The number of methoxy groups -OCH3 is 1. The molecule has 0 spiro atoms. The molecular formula is C23H39N5O2. The van der Waals surface area contributed by atoms with Crippen molar-refractivity contribution in [3.8, 4) is 5.75 Å². The highest BCUT2D eigenvalue weighted by Crippen LogP contribution is 2.26. The van der Waals surface area contributed by atoms with Crippen molar-refractivity contribution in [3.05, 3.63) is 29.8 Å². The van der Waals surface area contributed by atoms with Crippen LogP contribution in [0.4, 0.5) is 0 Å². The summed E-state index contributed by atoms with van der Waals surface area (Å²) in [6, 6.07) is 8.61. The fraction of sp³-hybridized carbons (Fsp3) is 0.652. The molecule has 1 saturated heterocycles. The highest BCUT2D eigenvalue weighted by molar-refractivity contribution is 5.83. The number of nitrogens with one attached hydrogen (secondary N) is 3. The highest BCUT2D eigenvalue weighted by Gasteiger charge is 2.27. The van der Waals surface area contributed by atoms with E-state index in [2.05, 4.69) is 38.0 Å². The molecule has 1 aromatic carbocycles. The van der Waals surface area contributed by atoms with Gasteiger partial charge in [0.1, 0.15) is 5.75 Å². The Bertz CT molecular complexity index is 681. The third kappa shape index (κ3) is 6.90. The van der Waals surface area contributed by atoms with Crippen LogP contribution in [0.3, 0.4) is 0 Å². The topological polar surface area (TPSA) is 78.0 Å². The number of ether oxygens (including phenoxy) is 1. The number of hydrogen-bond acceptors (Lipinski definition) is 4. The van der Waals surface area contributed by atoms with E-state index in [0.717, 1.165) is 37.9 Å². The summed E-state index contributed by atoms with van der Waals surface area (Å²) in [5.74, 6) is 1.60. The summed E-state index contributed by atoms with van der Waals surface area (Å²) < 4.78 is 5.33. The Labute approximate surface area is 181 Å². The fourth-order valence-corrected chi connectivity index (χ4v) is 3.74. The van der Waals surface area contributed by atoms with E-state index in [4.69, 9.17) is 4.74 Å². The van der Waals surface area contributed by atoms with Crippen LogP contribution in [0.15, 0.2) is 29.3 Å². The minimum atomic E-state index is -0.556. The van der Waals surface area contributed by atoms with Crippen molar-refractivity contribution in [1.29, 1.82) is 0 Å². The minimum absolute atomic E-state index is 0.00785. The standard InChI is InChI=1S/C23H39N5O2/c1-6-25-22(27-17-23(2,3)21(29)24-4)26-16-20(28-14-8-7-9-15-28)18-10-12-19(30-5)13-11-18/h10-13,20H,6-9,14-17H2,1-5H3,(H,24,29)(H2,25,26,27). The molecule has 0 radical (unpaired) electrons. The Morgan fingerprint density at radius 3 is 2.40 bits per heavy atom. The van der Waals surface area contributed by atoms with Crippen molar-refractivity contribution in [3.63, 3.8) is 0 Å². The predicted octanol–water partition coefficient (Wildman–Crippen LogP) is 2.55. The molecule has 1 aromatic rings.